The number of pyridine rings is 1. The average Bonchev–Trinajstić information content (AvgIpc) is 3.07. The van der Waals surface area contributed by atoms with Crippen LogP contribution in [-0.4, -0.2) is 21.3 Å². The number of aliphatic hydroxyl groups is 1. The zero-order chi connectivity index (χ0) is 20.4. The van der Waals surface area contributed by atoms with Crippen molar-refractivity contribution in [2.24, 2.45) is 0 Å². The van der Waals surface area contributed by atoms with E-state index < -0.39 is 11.7 Å². The Morgan fingerprint density at radius 1 is 0.966 bits per heavy atom. The number of alkyl halides is 3. The van der Waals surface area contributed by atoms with Crippen molar-refractivity contribution in [3.63, 3.8) is 0 Å². The molecule has 0 aliphatic rings. The minimum absolute atomic E-state index is 0.0704. The van der Waals surface area contributed by atoms with Crippen LogP contribution < -0.4 is 4.74 Å². The summed E-state index contributed by atoms with van der Waals surface area (Å²) in [6.07, 6.45) is -1.12. The van der Waals surface area contributed by atoms with E-state index in [0.717, 1.165) is 34.4 Å². The molecule has 4 rings (SSSR count). The first-order valence-electron chi connectivity index (χ1n) is 8.97. The third-order valence-electron chi connectivity index (χ3n) is 4.58. The lowest BCUT2D eigenvalue weighted by atomic mass is 10.1. The van der Waals surface area contributed by atoms with Gasteiger partial charge in [-0.15, -0.1) is 0 Å². The largest absolute Gasteiger partial charge is 0.439 e. The summed E-state index contributed by atoms with van der Waals surface area (Å²) in [5.41, 5.74) is 2.16. The van der Waals surface area contributed by atoms with Crippen molar-refractivity contribution in [2.45, 2.75) is 12.6 Å². The Bertz CT molecular complexity index is 1120. The molecule has 0 aliphatic heterocycles. The number of benzene rings is 2. The molecule has 0 radical (unpaired) electrons. The SMILES string of the molecule is OCCc1cn(-c2ccc(Oc3ccc(C(F)(F)F)cn3)cc2)c2ccccc12. The van der Waals surface area contributed by atoms with Crippen LogP contribution in [0.2, 0.25) is 0 Å². The molecule has 0 bridgehead atoms. The zero-order valence-electron chi connectivity index (χ0n) is 15.2. The molecular formula is C22H17F3N2O2. The van der Waals surface area contributed by atoms with Gasteiger partial charge in [-0.3, -0.25) is 0 Å². The van der Waals surface area contributed by atoms with Gasteiger partial charge in [-0.2, -0.15) is 13.2 Å². The van der Waals surface area contributed by atoms with Crippen LogP contribution in [0, 0.1) is 0 Å². The highest BCUT2D eigenvalue weighted by molar-refractivity contribution is 5.85. The number of hydrogen-bond donors (Lipinski definition) is 1. The molecule has 0 fully saturated rings. The summed E-state index contributed by atoms with van der Waals surface area (Å²) in [6.45, 7) is 0.0704. The van der Waals surface area contributed by atoms with Crippen molar-refractivity contribution in [1.82, 2.24) is 9.55 Å². The standard InChI is InChI=1S/C22H17F3N2O2/c23-22(24,25)16-5-10-21(26-13-16)29-18-8-6-17(7-9-18)27-14-15(11-12-28)19-3-1-2-4-20(19)27/h1-10,13-14,28H,11-12H2. The van der Waals surface area contributed by atoms with Crippen molar-refractivity contribution in [3.8, 4) is 17.3 Å². The van der Waals surface area contributed by atoms with Crippen molar-refractivity contribution >= 4 is 10.9 Å². The van der Waals surface area contributed by atoms with Gasteiger partial charge in [0.25, 0.3) is 0 Å². The van der Waals surface area contributed by atoms with Crippen molar-refractivity contribution in [2.75, 3.05) is 6.61 Å². The summed E-state index contributed by atoms with van der Waals surface area (Å²) in [4.78, 5) is 3.71. The van der Waals surface area contributed by atoms with Crippen LogP contribution in [0.25, 0.3) is 16.6 Å². The van der Waals surface area contributed by atoms with Crippen LogP contribution >= 0.6 is 0 Å². The van der Waals surface area contributed by atoms with Crippen molar-refractivity contribution < 1.29 is 23.0 Å². The number of aromatic nitrogens is 2. The Morgan fingerprint density at radius 2 is 1.72 bits per heavy atom. The van der Waals surface area contributed by atoms with E-state index in [-0.39, 0.29) is 12.5 Å². The van der Waals surface area contributed by atoms with Crippen LogP contribution in [0.15, 0.2) is 73.1 Å². The Kier molecular flexibility index (Phi) is 4.98. The molecule has 29 heavy (non-hydrogen) atoms. The molecule has 0 amide bonds. The highest BCUT2D eigenvalue weighted by Crippen LogP contribution is 2.31. The van der Waals surface area contributed by atoms with Gasteiger partial charge in [0.15, 0.2) is 0 Å². The smallest absolute Gasteiger partial charge is 0.417 e. The number of hydrogen-bond acceptors (Lipinski definition) is 3. The number of aliphatic hydroxyl groups excluding tert-OH is 1. The fourth-order valence-corrected chi connectivity index (χ4v) is 3.19. The number of nitrogens with zero attached hydrogens (tertiary/aromatic N) is 2. The predicted molar refractivity (Wildman–Crippen MR) is 103 cm³/mol. The Morgan fingerprint density at radius 3 is 2.38 bits per heavy atom. The van der Waals surface area contributed by atoms with Gasteiger partial charge in [-0.05, 0) is 48.4 Å². The number of para-hydroxylation sites is 1. The first kappa shape index (κ1) is 19.0. The highest BCUT2D eigenvalue weighted by Gasteiger charge is 2.30. The van der Waals surface area contributed by atoms with Crippen LogP contribution in [0.3, 0.4) is 0 Å². The number of ether oxygens (including phenoxy) is 1. The second-order valence-corrected chi connectivity index (χ2v) is 6.49. The molecule has 0 aliphatic carbocycles. The lowest BCUT2D eigenvalue weighted by Crippen LogP contribution is -2.05. The van der Waals surface area contributed by atoms with Gasteiger partial charge >= 0.3 is 6.18 Å². The van der Waals surface area contributed by atoms with Crippen LogP contribution in [0.4, 0.5) is 13.2 Å². The molecule has 2 aromatic carbocycles. The maximum Gasteiger partial charge on any atom is 0.417 e. The lowest BCUT2D eigenvalue weighted by Gasteiger charge is -2.09. The predicted octanol–water partition coefficient (Wildman–Crippen LogP) is 5.37. The third-order valence-corrected chi connectivity index (χ3v) is 4.58. The van der Waals surface area contributed by atoms with E-state index in [2.05, 4.69) is 4.98 Å². The number of rotatable bonds is 5. The van der Waals surface area contributed by atoms with Gasteiger partial charge in [-0.25, -0.2) is 4.98 Å². The average molecular weight is 398 g/mol. The van der Waals surface area contributed by atoms with Gasteiger partial charge in [-0.1, -0.05) is 18.2 Å². The number of fused-ring (bicyclic) bond motifs is 1. The van der Waals surface area contributed by atoms with Crippen LogP contribution in [0.1, 0.15) is 11.1 Å². The van der Waals surface area contributed by atoms with Gasteiger partial charge in [0.1, 0.15) is 5.75 Å². The van der Waals surface area contributed by atoms with Gasteiger partial charge in [0, 0.05) is 36.1 Å². The first-order valence-corrected chi connectivity index (χ1v) is 8.97. The molecule has 4 aromatic rings. The van der Waals surface area contributed by atoms with Crippen molar-refractivity contribution in [3.05, 3.63) is 84.2 Å². The van der Waals surface area contributed by atoms with E-state index in [9.17, 15) is 18.3 Å². The molecule has 0 atom stereocenters. The molecule has 2 heterocycles. The van der Waals surface area contributed by atoms with E-state index >= 15 is 0 Å². The maximum absolute atomic E-state index is 12.6. The fourth-order valence-electron chi connectivity index (χ4n) is 3.19. The topological polar surface area (TPSA) is 47.3 Å². The summed E-state index contributed by atoms with van der Waals surface area (Å²) >= 11 is 0. The lowest BCUT2D eigenvalue weighted by molar-refractivity contribution is -0.137. The summed E-state index contributed by atoms with van der Waals surface area (Å²) in [5, 5.41) is 10.4. The summed E-state index contributed by atoms with van der Waals surface area (Å²) in [6, 6.07) is 17.2. The minimum Gasteiger partial charge on any atom is -0.439 e. The van der Waals surface area contributed by atoms with E-state index in [4.69, 9.17) is 4.74 Å². The monoisotopic (exact) mass is 398 g/mol. The Balaban J connectivity index is 1.58. The quantitative estimate of drug-likeness (QED) is 0.492. The van der Waals surface area contributed by atoms with E-state index in [1.54, 1.807) is 12.1 Å². The fraction of sp³-hybridized carbons (Fsp3) is 0.136. The van der Waals surface area contributed by atoms with Crippen LogP contribution in [0.5, 0.6) is 11.6 Å². The van der Waals surface area contributed by atoms with E-state index in [1.165, 1.54) is 6.07 Å². The molecule has 1 N–H and O–H groups in total. The minimum atomic E-state index is -4.43. The second-order valence-electron chi connectivity index (χ2n) is 6.49. The third kappa shape index (κ3) is 3.95. The molecular weight excluding hydrogens is 381 g/mol. The second kappa shape index (κ2) is 7.60. The van der Waals surface area contributed by atoms with Gasteiger partial charge in [0.05, 0.1) is 11.1 Å². The number of halogens is 3. The molecule has 148 valence electrons. The van der Waals surface area contributed by atoms with E-state index in [0.29, 0.717) is 12.2 Å². The van der Waals surface area contributed by atoms with Crippen LogP contribution in [-0.2, 0) is 12.6 Å². The molecule has 0 unspecified atom stereocenters. The Hall–Kier alpha value is -3.32. The zero-order valence-corrected chi connectivity index (χ0v) is 15.2. The normalized spacial score (nSPS) is 11.7. The molecule has 0 spiro atoms. The summed E-state index contributed by atoms with van der Waals surface area (Å²) in [7, 11) is 0. The summed E-state index contributed by atoms with van der Waals surface area (Å²) < 4.78 is 45.4. The highest BCUT2D eigenvalue weighted by atomic mass is 19.4. The molecule has 0 saturated carbocycles. The van der Waals surface area contributed by atoms with Crippen molar-refractivity contribution in [1.29, 1.82) is 0 Å². The van der Waals surface area contributed by atoms with E-state index in [1.807, 2.05) is 47.2 Å². The molecule has 0 saturated heterocycles. The molecule has 7 heteroatoms. The Labute approximate surface area is 164 Å². The summed E-state index contributed by atoms with van der Waals surface area (Å²) in [5.74, 6) is 0.551. The molecule has 2 aromatic heterocycles. The molecule has 4 nitrogen and oxygen atoms in total. The van der Waals surface area contributed by atoms with Gasteiger partial charge in [0.2, 0.25) is 5.88 Å². The first-order chi connectivity index (χ1) is 14.0. The maximum atomic E-state index is 12.6. The van der Waals surface area contributed by atoms with Gasteiger partial charge < -0.3 is 14.4 Å².